The van der Waals surface area contributed by atoms with Gasteiger partial charge in [0.2, 0.25) is 5.88 Å². The molecular formula is C17H18N2O2. The summed E-state index contributed by atoms with van der Waals surface area (Å²) >= 11 is 0. The molecule has 0 amide bonds. The maximum absolute atomic E-state index is 12.4. The van der Waals surface area contributed by atoms with E-state index in [4.69, 9.17) is 4.74 Å². The molecule has 4 heteroatoms. The van der Waals surface area contributed by atoms with Crippen LogP contribution in [0, 0.1) is 0 Å². The number of rotatable bonds is 2. The number of aromatic nitrogens is 2. The van der Waals surface area contributed by atoms with Gasteiger partial charge >= 0.3 is 0 Å². The number of carbonyl (C=O) groups excluding carboxylic acids is 1. The molecule has 1 aromatic carbocycles. The van der Waals surface area contributed by atoms with Crippen LogP contribution in [0.1, 0.15) is 43.2 Å². The Morgan fingerprint density at radius 3 is 2.71 bits per heavy atom. The van der Waals surface area contributed by atoms with Crippen molar-refractivity contribution in [3.8, 4) is 11.6 Å². The van der Waals surface area contributed by atoms with Crippen molar-refractivity contribution in [1.82, 2.24) is 9.78 Å². The minimum Gasteiger partial charge on any atom is -0.474 e. The summed E-state index contributed by atoms with van der Waals surface area (Å²) in [5.41, 5.74) is 3.27. The molecule has 2 aromatic rings. The number of hydrogen-bond donors (Lipinski definition) is 0. The standard InChI is InChI=1S/C17H18N2O2/c1-11(2)9-14-16-15(20)10-12(3)21-17(16)19(18-14)13-7-5-4-6-8-13/h4-9,12H,10H2,1-3H3. The molecule has 3 rings (SSSR count). The minimum atomic E-state index is -0.122. The van der Waals surface area contributed by atoms with Crippen molar-refractivity contribution in [2.75, 3.05) is 0 Å². The van der Waals surface area contributed by atoms with Crippen LogP contribution in [0.25, 0.3) is 11.8 Å². The van der Waals surface area contributed by atoms with Crippen LogP contribution >= 0.6 is 0 Å². The van der Waals surface area contributed by atoms with E-state index in [1.165, 1.54) is 0 Å². The minimum absolute atomic E-state index is 0.0958. The van der Waals surface area contributed by atoms with Crippen molar-refractivity contribution in [2.24, 2.45) is 0 Å². The first-order valence-electron chi connectivity index (χ1n) is 7.09. The SMILES string of the molecule is CC(C)=Cc1nn(-c2ccccc2)c2c1C(=O)CC(C)O2. The summed E-state index contributed by atoms with van der Waals surface area (Å²) in [6.45, 7) is 5.89. The molecule has 0 saturated carbocycles. The fourth-order valence-corrected chi connectivity index (χ4v) is 2.50. The zero-order valence-electron chi connectivity index (χ0n) is 12.5. The first-order chi connectivity index (χ1) is 10.1. The topological polar surface area (TPSA) is 44.1 Å². The van der Waals surface area contributed by atoms with Gasteiger partial charge in [0, 0.05) is 6.42 Å². The lowest BCUT2D eigenvalue weighted by molar-refractivity contribution is 0.0861. The molecule has 0 saturated heterocycles. The molecule has 0 N–H and O–H groups in total. The van der Waals surface area contributed by atoms with Crippen LogP contribution in [0.15, 0.2) is 35.9 Å². The lowest BCUT2D eigenvalue weighted by atomic mass is 10.0. The van der Waals surface area contributed by atoms with Gasteiger partial charge in [0.1, 0.15) is 17.4 Å². The Balaban J connectivity index is 2.23. The highest BCUT2D eigenvalue weighted by atomic mass is 16.5. The molecule has 0 bridgehead atoms. The van der Waals surface area contributed by atoms with Crippen LogP contribution in [0.2, 0.25) is 0 Å². The van der Waals surface area contributed by atoms with E-state index in [0.29, 0.717) is 23.6 Å². The Labute approximate surface area is 124 Å². The summed E-state index contributed by atoms with van der Waals surface area (Å²) in [6, 6.07) is 9.74. The van der Waals surface area contributed by atoms with Crippen molar-refractivity contribution in [2.45, 2.75) is 33.3 Å². The molecule has 1 aromatic heterocycles. The van der Waals surface area contributed by atoms with Gasteiger partial charge < -0.3 is 4.74 Å². The van der Waals surface area contributed by atoms with E-state index in [-0.39, 0.29) is 11.9 Å². The van der Waals surface area contributed by atoms with E-state index < -0.39 is 0 Å². The Kier molecular flexibility index (Phi) is 3.37. The number of ketones is 1. The zero-order valence-corrected chi connectivity index (χ0v) is 12.5. The number of ether oxygens (including phenoxy) is 1. The van der Waals surface area contributed by atoms with Crippen LogP contribution < -0.4 is 4.74 Å². The molecule has 0 spiro atoms. The summed E-state index contributed by atoms with van der Waals surface area (Å²) in [5, 5.41) is 4.58. The molecule has 0 radical (unpaired) electrons. The third kappa shape index (κ3) is 2.49. The van der Waals surface area contributed by atoms with Gasteiger partial charge in [-0.3, -0.25) is 4.79 Å². The number of benzene rings is 1. The second kappa shape index (κ2) is 5.20. The monoisotopic (exact) mass is 282 g/mol. The van der Waals surface area contributed by atoms with E-state index in [1.54, 1.807) is 4.68 Å². The van der Waals surface area contributed by atoms with Gasteiger partial charge in [-0.25, -0.2) is 0 Å². The molecular weight excluding hydrogens is 264 g/mol. The number of carbonyl (C=O) groups is 1. The van der Waals surface area contributed by atoms with Crippen LogP contribution in [-0.2, 0) is 0 Å². The number of para-hydroxylation sites is 1. The average molecular weight is 282 g/mol. The molecule has 108 valence electrons. The average Bonchev–Trinajstić information content (AvgIpc) is 2.77. The van der Waals surface area contributed by atoms with E-state index in [0.717, 1.165) is 11.3 Å². The highest BCUT2D eigenvalue weighted by molar-refractivity contribution is 6.02. The zero-order chi connectivity index (χ0) is 15.0. The second-order valence-corrected chi connectivity index (χ2v) is 5.59. The summed E-state index contributed by atoms with van der Waals surface area (Å²) in [4.78, 5) is 12.4. The molecule has 1 aliphatic rings. The number of nitrogens with zero attached hydrogens (tertiary/aromatic N) is 2. The van der Waals surface area contributed by atoms with Gasteiger partial charge in [-0.1, -0.05) is 23.8 Å². The van der Waals surface area contributed by atoms with Gasteiger partial charge in [0.05, 0.1) is 5.69 Å². The van der Waals surface area contributed by atoms with Gasteiger partial charge in [-0.2, -0.15) is 9.78 Å². The van der Waals surface area contributed by atoms with Crippen LogP contribution in [-0.4, -0.2) is 21.7 Å². The fourth-order valence-electron chi connectivity index (χ4n) is 2.50. The highest BCUT2D eigenvalue weighted by Gasteiger charge is 2.31. The maximum Gasteiger partial charge on any atom is 0.228 e. The molecule has 0 aliphatic carbocycles. The first-order valence-corrected chi connectivity index (χ1v) is 7.09. The molecule has 1 atom stereocenters. The summed E-state index contributed by atoms with van der Waals surface area (Å²) < 4.78 is 7.62. The number of fused-ring (bicyclic) bond motifs is 1. The molecule has 21 heavy (non-hydrogen) atoms. The lowest BCUT2D eigenvalue weighted by Gasteiger charge is -2.20. The van der Waals surface area contributed by atoms with Crippen molar-refractivity contribution < 1.29 is 9.53 Å². The maximum atomic E-state index is 12.4. The summed E-state index contributed by atoms with van der Waals surface area (Å²) in [5.74, 6) is 0.649. The Morgan fingerprint density at radius 1 is 1.33 bits per heavy atom. The van der Waals surface area contributed by atoms with Gasteiger partial charge in [0.15, 0.2) is 5.78 Å². The van der Waals surface area contributed by atoms with Gasteiger partial charge in [-0.05, 0) is 39.0 Å². The lowest BCUT2D eigenvalue weighted by Crippen LogP contribution is -2.25. The molecule has 1 aliphatic heterocycles. The van der Waals surface area contributed by atoms with Crippen molar-refractivity contribution in [3.05, 3.63) is 47.2 Å². The van der Waals surface area contributed by atoms with E-state index in [1.807, 2.05) is 57.2 Å². The third-order valence-electron chi connectivity index (χ3n) is 3.36. The molecule has 1 unspecified atom stereocenters. The summed E-state index contributed by atoms with van der Waals surface area (Å²) in [6.07, 6.45) is 2.20. The van der Waals surface area contributed by atoms with E-state index in [9.17, 15) is 4.79 Å². The third-order valence-corrected chi connectivity index (χ3v) is 3.36. The molecule has 4 nitrogen and oxygen atoms in total. The largest absolute Gasteiger partial charge is 0.474 e. The Hall–Kier alpha value is -2.36. The molecule has 2 heterocycles. The Morgan fingerprint density at radius 2 is 2.05 bits per heavy atom. The number of Topliss-reactive ketones (excluding diaryl/α,β-unsaturated/α-hetero) is 1. The number of hydrogen-bond acceptors (Lipinski definition) is 3. The van der Waals surface area contributed by atoms with Crippen LogP contribution in [0.3, 0.4) is 0 Å². The van der Waals surface area contributed by atoms with Crippen molar-refractivity contribution in [3.63, 3.8) is 0 Å². The van der Waals surface area contributed by atoms with Gasteiger partial charge in [0.25, 0.3) is 0 Å². The van der Waals surface area contributed by atoms with Gasteiger partial charge in [-0.15, -0.1) is 0 Å². The van der Waals surface area contributed by atoms with E-state index >= 15 is 0 Å². The Bertz CT molecular complexity index is 710. The summed E-state index contributed by atoms with van der Waals surface area (Å²) in [7, 11) is 0. The smallest absolute Gasteiger partial charge is 0.228 e. The predicted molar refractivity (Wildman–Crippen MR) is 81.9 cm³/mol. The van der Waals surface area contributed by atoms with Crippen LogP contribution in [0.5, 0.6) is 5.88 Å². The first kappa shape index (κ1) is 13.6. The van der Waals surface area contributed by atoms with Crippen molar-refractivity contribution >= 4 is 11.9 Å². The number of allylic oxidation sites excluding steroid dienone is 1. The predicted octanol–water partition coefficient (Wildman–Crippen LogP) is 3.65. The highest BCUT2D eigenvalue weighted by Crippen LogP contribution is 2.33. The van der Waals surface area contributed by atoms with E-state index in [2.05, 4.69) is 5.10 Å². The van der Waals surface area contributed by atoms with Crippen LogP contribution in [0.4, 0.5) is 0 Å². The second-order valence-electron chi connectivity index (χ2n) is 5.59. The quantitative estimate of drug-likeness (QED) is 0.844. The normalized spacial score (nSPS) is 17.1. The molecule has 0 fully saturated rings. The van der Waals surface area contributed by atoms with Crippen molar-refractivity contribution in [1.29, 1.82) is 0 Å². The fraction of sp³-hybridized carbons (Fsp3) is 0.294.